The topological polar surface area (TPSA) is 55.7 Å². The smallest absolute Gasteiger partial charge is 0.123 e. The van der Waals surface area contributed by atoms with E-state index in [-0.39, 0.29) is 11.5 Å². The molecule has 0 spiro atoms. The number of hydrogen-bond acceptors (Lipinski definition) is 4. The predicted octanol–water partition coefficient (Wildman–Crippen LogP) is 1.92. The van der Waals surface area contributed by atoms with Crippen molar-refractivity contribution in [1.29, 1.82) is 0 Å². The Morgan fingerprint density at radius 3 is 2.61 bits per heavy atom. The van der Waals surface area contributed by atoms with E-state index in [1.807, 2.05) is 0 Å². The molecule has 4 nitrogen and oxygen atoms in total. The Balaban J connectivity index is 2.22. The van der Waals surface area contributed by atoms with Gasteiger partial charge in [-0.25, -0.2) is 0 Å². The highest BCUT2D eigenvalue weighted by molar-refractivity contribution is 5.38. The molecule has 0 bridgehead atoms. The molecule has 1 aromatic carbocycles. The summed E-state index contributed by atoms with van der Waals surface area (Å²) in [5, 5.41) is 22.1. The van der Waals surface area contributed by atoms with Crippen LogP contribution in [0.25, 0.3) is 0 Å². The number of phenols is 2. The van der Waals surface area contributed by atoms with E-state index in [9.17, 15) is 10.2 Å². The van der Waals surface area contributed by atoms with Crippen LogP contribution in [0.3, 0.4) is 0 Å². The molecule has 4 heteroatoms. The third kappa shape index (κ3) is 4.94. The molecule has 0 saturated heterocycles. The molecule has 1 aromatic rings. The van der Waals surface area contributed by atoms with E-state index in [4.69, 9.17) is 0 Å². The van der Waals surface area contributed by atoms with Crippen molar-refractivity contribution in [3.05, 3.63) is 23.8 Å². The molecule has 18 heavy (non-hydrogen) atoms. The number of nitrogens with zero attached hydrogens (tertiary/aromatic N) is 1. The van der Waals surface area contributed by atoms with Crippen molar-refractivity contribution in [1.82, 2.24) is 10.2 Å². The van der Waals surface area contributed by atoms with Crippen LogP contribution in [0.2, 0.25) is 0 Å². The SMILES string of the molecule is CC(C)N(C)CCCNCc1ccc(O)cc1O. The first-order chi connectivity index (χ1) is 8.50. The van der Waals surface area contributed by atoms with Gasteiger partial charge in [-0.1, -0.05) is 6.07 Å². The molecule has 0 aliphatic heterocycles. The minimum atomic E-state index is 0.0924. The third-order valence-electron chi connectivity index (χ3n) is 3.13. The Kier molecular flexibility index (Phi) is 5.95. The molecule has 0 aromatic heterocycles. The van der Waals surface area contributed by atoms with Gasteiger partial charge in [-0.2, -0.15) is 0 Å². The minimum absolute atomic E-state index is 0.0924. The van der Waals surface area contributed by atoms with Crippen LogP contribution in [0.5, 0.6) is 11.5 Å². The third-order valence-corrected chi connectivity index (χ3v) is 3.13. The van der Waals surface area contributed by atoms with Gasteiger partial charge >= 0.3 is 0 Å². The fraction of sp³-hybridized carbons (Fsp3) is 0.571. The van der Waals surface area contributed by atoms with Crippen LogP contribution in [-0.4, -0.2) is 41.3 Å². The Labute approximate surface area is 109 Å². The van der Waals surface area contributed by atoms with Gasteiger partial charge in [0.05, 0.1) is 0 Å². The van der Waals surface area contributed by atoms with Crippen molar-refractivity contribution in [2.45, 2.75) is 32.9 Å². The number of hydrogen-bond donors (Lipinski definition) is 3. The van der Waals surface area contributed by atoms with Crippen molar-refractivity contribution in [2.75, 3.05) is 20.1 Å². The summed E-state index contributed by atoms with van der Waals surface area (Å²) in [6.45, 7) is 6.96. The van der Waals surface area contributed by atoms with Gasteiger partial charge in [-0.05, 0) is 46.5 Å². The van der Waals surface area contributed by atoms with Crippen LogP contribution in [0.4, 0.5) is 0 Å². The second kappa shape index (κ2) is 7.24. The van der Waals surface area contributed by atoms with Crippen LogP contribution in [0, 0.1) is 0 Å². The Hall–Kier alpha value is -1.26. The van der Waals surface area contributed by atoms with Crippen molar-refractivity contribution >= 4 is 0 Å². The maximum Gasteiger partial charge on any atom is 0.123 e. The van der Waals surface area contributed by atoms with Crippen molar-refractivity contribution < 1.29 is 10.2 Å². The van der Waals surface area contributed by atoms with Gasteiger partial charge in [0.25, 0.3) is 0 Å². The van der Waals surface area contributed by atoms with E-state index >= 15 is 0 Å². The number of phenolic OH excluding ortho intramolecular Hbond substituents is 2. The Morgan fingerprint density at radius 1 is 1.28 bits per heavy atom. The number of nitrogens with one attached hydrogen (secondary N) is 1. The van der Waals surface area contributed by atoms with Crippen molar-refractivity contribution in [2.24, 2.45) is 0 Å². The van der Waals surface area contributed by atoms with Gasteiger partial charge in [0.1, 0.15) is 11.5 Å². The maximum atomic E-state index is 9.60. The maximum absolute atomic E-state index is 9.60. The van der Waals surface area contributed by atoms with E-state index in [1.54, 1.807) is 12.1 Å². The lowest BCUT2D eigenvalue weighted by Gasteiger charge is -2.20. The second-order valence-electron chi connectivity index (χ2n) is 4.92. The molecular formula is C14H24N2O2. The molecule has 0 unspecified atom stereocenters. The molecule has 1 rings (SSSR count). The lowest BCUT2D eigenvalue weighted by molar-refractivity contribution is 0.269. The first-order valence-corrected chi connectivity index (χ1v) is 6.42. The first kappa shape index (κ1) is 14.8. The molecule has 3 N–H and O–H groups in total. The Morgan fingerprint density at radius 2 is 2.00 bits per heavy atom. The number of rotatable bonds is 7. The summed E-state index contributed by atoms with van der Waals surface area (Å²) in [7, 11) is 2.12. The minimum Gasteiger partial charge on any atom is -0.508 e. The fourth-order valence-corrected chi connectivity index (χ4v) is 1.64. The van der Waals surface area contributed by atoms with Crippen LogP contribution < -0.4 is 5.32 Å². The van der Waals surface area contributed by atoms with Crippen molar-refractivity contribution in [3.8, 4) is 11.5 Å². The summed E-state index contributed by atoms with van der Waals surface area (Å²) < 4.78 is 0. The monoisotopic (exact) mass is 252 g/mol. The standard InChI is InChI=1S/C14H24N2O2/c1-11(2)16(3)8-4-7-15-10-12-5-6-13(17)9-14(12)18/h5-6,9,11,15,17-18H,4,7-8,10H2,1-3H3. The molecule has 0 saturated carbocycles. The van der Waals surface area contributed by atoms with E-state index in [1.165, 1.54) is 6.07 Å². The van der Waals surface area contributed by atoms with Gasteiger partial charge in [-0.3, -0.25) is 0 Å². The van der Waals surface area contributed by atoms with E-state index < -0.39 is 0 Å². The highest BCUT2D eigenvalue weighted by atomic mass is 16.3. The molecule has 0 radical (unpaired) electrons. The lowest BCUT2D eigenvalue weighted by Crippen LogP contribution is -2.29. The summed E-state index contributed by atoms with van der Waals surface area (Å²) in [4.78, 5) is 2.31. The van der Waals surface area contributed by atoms with Crippen LogP contribution in [0.1, 0.15) is 25.8 Å². The van der Waals surface area contributed by atoms with Gasteiger partial charge < -0.3 is 20.4 Å². The lowest BCUT2D eigenvalue weighted by atomic mass is 10.2. The fourth-order valence-electron chi connectivity index (χ4n) is 1.64. The van der Waals surface area contributed by atoms with Gasteiger partial charge in [0.2, 0.25) is 0 Å². The zero-order valence-electron chi connectivity index (χ0n) is 11.5. The van der Waals surface area contributed by atoms with E-state index in [2.05, 4.69) is 31.1 Å². The average molecular weight is 252 g/mol. The van der Waals surface area contributed by atoms with E-state index in [0.717, 1.165) is 25.1 Å². The van der Waals surface area contributed by atoms with Crippen molar-refractivity contribution in [3.63, 3.8) is 0 Å². The van der Waals surface area contributed by atoms with Gasteiger partial charge in [0.15, 0.2) is 0 Å². The molecule has 0 atom stereocenters. The van der Waals surface area contributed by atoms with Crippen LogP contribution in [-0.2, 0) is 6.54 Å². The second-order valence-corrected chi connectivity index (χ2v) is 4.92. The summed E-state index contributed by atoms with van der Waals surface area (Å²) in [6.07, 6.45) is 1.08. The summed E-state index contributed by atoms with van der Waals surface area (Å²) in [5.74, 6) is 0.233. The van der Waals surface area contributed by atoms with Crippen LogP contribution >= 0.6 is 0 Å². The molecular weight excluding hydrogens is 228 g/mol. The molecule has 0 aliphatic rings. The predicted molar refractivity (Wildman–Crippen MR) is 73.9 cm³/mol. The zero-order valence-corrected chi connectivity index (χ0v) is 11.5. The normalized spacial score (nSPS) is 11.4. The summed E-state index contributed by atoms with van der Waals surface area (Å²) >= 11 is 0. The first-order valence-electron chi connectivity index (χ1n) is 6.42. The summed E-state index contributed by atoms with van der Waals surface area (Å²) in [6, 6.07) is 5.26. The highest BCUT2D eigenvalue weighted by Gasteiger charge is 2.03. The Bertz CT molecular complexity index is 367. The summed E-state index contributed by atoms with van der Waals surface area (Å²) in [5.41, 5.74) is 0.810. The van der Waals surface area contributed by atoms with Crippen LogP contribution in [0.15, 0.2) is 18.2 Å². The molecule has 0 aliphatic carbocycles. The highest BCUT2D eigenvalue weighted by Crippen LogP contribution is 2.22. The number of aromatic hydroxyl groups is 2. The largest absolute Gasteiger partial charge is 0.508 e. The van der Waals surface area contributed by atoms with E-state index in [0.29, 0.717) is 12.6 Å². The average Bonchev–Trinajstić information content (AvgIpc) is 2.30. The molecule has 0 heterocycles. The zero-order chi connectivity index (χ0) is 13.5. The number of benzene rings is 1. The molecule has 102 valence electrons. The molecule has 0 amide bonds. The quantitative estimate of drug-likeness (QED) is 0.649. The van der Waals surface area contributed by atoms with Gasteiger partial charge in [-0.15, -0.1) is 0 Å². The molecule has 0 fully saturated rings. The van der Waals surface area contributed by atoms with Gasteiger partial charge in [0, 0.05) is 24.2 Å².